The molecule has 2 aromatic carbocycles. The van der Waals surface area contributed by atoms with E-state index in [1.807, 2.05) is 24.4 Å². The zero-order valence-electron chi connectivity index (χ0n) is 16.6. The van der Waals surface area contributed by atoms with E-state index in [4.69, 9.17) is 4.74 Å². The molecule has 1 amide bonds. The minimum absolute atomic E-state index is 0.0167. The number of amides is 1. The Kier molecular flexibility index (Phi) is 6.82. The minimum atomic E-state index is 0.0167. The molecule has 3 rings (SSSR count). The number of aryl methyl sites for hydroxylation is 2. The number of hydrogen-bond donors (Lipinski definition) is 1. The van der Waals surface area contributed by atoms with Crippen LogP contribution in [0.4, 0.5) is 0 Å². The predicted molar refractivity (Wildman–Crippen MR) is 115 cm³/mol. The van der Waals surface area contributed by atoms with Crippen LogP contribution in [0, 0.1) is 6.92 Å². The number of carbonyl (C=O) groups is 1. The molecule has 0 aliphatic heterocycles. The van der Waals surface area contributed by atoms with Crippen LogP contribution in [0.3, 0.4) is 0 Å². The molecule has 1 atom stereocenters. The van der Waals surface area contributed by atoms with E-state index >= 15 is 0 Å². The van der Waals surface area contributed by atoms with Crippen molar-refractivity contribution in [3.05, 3.63) is 70.7 Å². The maximum atomic E-state index is 12.3. The summed E-state index contributed by atoms with van der Waals surface area (Å²) in [6, 6.07) is 16.5. The fourth-order valence-corrected chi connectivity index (χ4v) is 3.78. The highest BCUT2D eigenvalue weighted by atomic mass is 32.1. The van der Waals surface area contributed by atoms with Crippen LogP contribution in [0.15, 0.2) is 53.9 Å². The third-order valence-corrected chi connectivity index (χ3v) is 5.56. The number of methoxy groups -OCH3 is 1. The molecule has 1 unspecified atom stereocenters. The highest BCUT2D eigenvalue weighted by Crippen LogP contribution is 2.24. The van der Waals surface area contributed by atoms with Crippen molar-refractivity contribution < 1.29 is 9.53 Å². The van der Waals surface area contributed by atoms with Gasteiger partial charge in [0.2, 0.25) is 5.91 Å². The first-order valence-corrected chi connectivity index (χ1v) is 10.3. The van der Waals surface area contributed by atoms with Crippen LogP contribution < -0.4 is 10.1 Å². The third-order valence-electron chi connectivity index (χ3n) is 4.62. The quantitative estimate of drug-likeness (QED) is 0.597. The zero-order valence-corrected chi connectivity index (χ0v) is 17.4. The minimum Gasteiger partial charge on any atom is -0.497 e. The molecule has 0 saturated carbocycles. The third kappa shape index (κ3) is 5.67. The van der Waals surface area contributed by atoms with Gasteiger partial charge in [-0.1, -0.05) is 42.0 Å². The summed E-state index contributed by atoms with van der Waals surface area (Å²) >= 11 is 1.58. The Morgan fingerprint density at radius 2 is 1.86 bits per heavy atom. The molecule has 0 bridgehead atoms. The van der Waals surface area contributed by atoms with Crippen LogP contribution in [0.2, 0.25) is 0 Å². The van der Waals surface area contributed by atoms with Gasteiger partial charge in [0.15, 0.2) is 0 Å². The lowest BCUT2D eigenvalue weighted by Crippen LogP contribution is -2.34. The lowest BCUT2D eigenvalue weighted by molar-refractivity contribution is -0.121. The number of nitrogens with one attached hydrogen (secondary N) is 1. The first-order chi connectivity index (χ1) is 13.5. The Hall–Kier alpha value is -2.66. The fraction of sp³-hybridized carbons (Fsp3) is 0.304. The Bertz CT molecular complexity index is 901. The van der Waals surface area contributed by atoms with Crippen molar-refractivity contribution in [2.75, 3.05) is 7.11 Å². The molecule has 1 N–H and O–H groups in total. The van der Waals surface area contributed by atoms with Gasteiger partial charge < -0.3 is 10.1 Å². The van der Waals surface area contributed by atoms with Crippen LogP contribution in [0.5, 0.6) is 5.75 Å². The lowest BCUT2D eigenvalue weighted by atomic mass is 10.1. The molecule has 28 heavy (non-hydrogen) atoms. The van der Waals surface area contributed by atoms with Crippen LogP contribution >= 0.6 is 11.3 Å². The number of carbonyl (C=O) groups excluding carboxylic acids is 1. The van der Waals surface area contributed by atoms with Crippen molar-refractivity contribution in [2.45, 2.75) is 39.2 Å². The maximum absolute atomic E-state index is 12.3. The SMILES string of the molecule is COc1ccc(CCC(C)NC(=O)Cc2csc(-c3ccc(C)cc3)n2)cc1. The van der Waals surface area contributed by atoms with Gasteiger partial charge in [-0.05, 0) is 44.4 Å². The van der Waals surface area contributed by atoms with E-state index in [0.717, 1.165) is 34.9 Å². The largest absolute Gasteiger partial charge is 0.497 e. The first-order valence-electron chi connectivity index (χ1n) is 9.47. The normalized spacial score (nSPS) is 11.8. The maximum Gasteiger partial charge on any atom is 0.226 e. The van der Waals surface area contributed by atoms with Crippen molar-refractivity contribution in [2.24, 2.45) is 0 Å². The number of thiazole rings is 1. The summed E-state index contributed by atoms with van der Waals surface area (Å²) in [5, 5.41) is 6.00. The molecule has 0 spiro atoms. The monoisotopic (exact) mass is 394 g/mol. The molecule has 0 radical (unpaired) electrons. The fourth-order valence-electron chi connectivity index (χ4n) is 2.95. The molecule has 1 aromatic heterocycles. The molecular weight excluding hydrogens is 368 g/mol. The van der Waals surface area contributed by atoms with Gasteiger partial charge in [0.05, 0.1) is 19.2 Å². The second kappa shape index (κ2) is 9.51. The summed E-state index contributed by atoms with van der Waals surface area (Å²) in [4.78, 5) is 17.0. The van der Waals surface area contributed by atoms with Crippen molar-refractivity contribution in [3.63, 3.8) is 0 Å². The summed E-state index contributed by atoms with van der Waals surface area (Å²) < 4.78 is 5.18. The van der Waals surface area contributed by atoms with Crippen molar-refractivity contribution >= 4 is 17.2 Å². The van der Waals surface area contributed by atoms with E-state index in [1.165, 1.54) is 11.1 Å². The van der Waals surface area contributed by atoms with E-state index in [0.29, 0.717) is 6.42 Å². The van der Waals surface area contributed by atoms with Crippen LogP contribution in [-0.4, -0.2) is 24.0 Å². The number of benzene rings is 2. The van der Waals surface area contributed by atoms with Crippen LogP contribution in [0.1, 0.15) is 30.2 Å². The summed E-state index contributed by atoms with van der Waals surface area (Å²) in [7, 11) is 1.67. The van der Waals surface area contributed by atoms with Gasteiger partial charge >= 0.3 is 0 Å². The second-order valence-corrected chi connectivity index (χ2v) is 7.90. The number of hydrogen-bond acceptors (Lipinski definition) is 4. The predicted octanol–water partition coefficient (Wildman–Crippen LogP) is 4.81. The van der Waals surface area contributed by atoms with Gasteiger partial charge in [-0.2, -0.15) is 0 Å². The molecule has 1 heterocycles. The molecule has 146 valence electrons. The molecule has 5 heteroatoms. The van der Waals surface area contributed by atoms with E-state index in [1.54, 1.807) is 18.4 Å². The molecule has 4 nitrogen and oxygen atoms in total. The van der Waals surface area contributed by atoms with Gasteiger partial charge in [0.1, 0.15) is 10.8 Å². The Balaban J connectivity index is 1.47. The van der Waals surface area contributed by atoms with Crippen molar-refractivity contribution in [1.29, 1.82) is 0 Å². The number of rotatable bonds is 8. The Morgan fingerprint density at radius 3 is 2.54 bits per heavy atom. The number of nitrogens with zero attached hydrogens (tertiary/aromatic N) is 1. The van der Waals surface area contributed by atoms with Crippen molar-refractivity contribution in [1.82, 2.24) is 10.3 Å². The van der Waals surface area contributed by atoms with E-state index in [-0.39, 0.29) is 11.9 Å². The summed E-state index contributed by atoms with van der Waals surface area (Å²) in [6.07, 6.45) is 2.12. The highest BCUT2D eigenvalue weighted by Gasteiger charge is 2.12. The Morgan fingerprint density at radius 1 is 1.14 bits per heavy atom. The van der Waals surface area contributed by atoms with E-state index in [9.17, 15) is 4.79 Å². The smallest absolute Gasteiger partial charge is 0.226 e. The van der Waals surface area contributed by atoms with Gasteiger partial charge in [-0.15, -0.1) is 11.3 Å². The average Bonchev–Trinajstić information content (AvgIpc) is 3.15. The summed E-state index contributed by atoms with van der Waals surface area (Å²) in [5.41, 5.74) is 4.38. The van der Waals surface area contributed by atoms with Gasteiger partial charge in [-0.25, -0.2) is 4.98 Å². The zero-order chi connectivity index (χ0) is 19.9. The van der Waals surface area contributed by atoms with Crippen LogP contribution in [-0.2, 0) is 17.6 Å². The number of ether oxygens (including phenoxy) is 1. The summed E-state index contributed by atoms with van der Waals surface area (Å²) in [6.45, 7) is 4.11. The standard InChI is InChI=1S/C23H26N2O2S/c1-16-4-10-19(11-5-16)23-25-20(15-28-23)14-22(26)24-17(2)6-7-18-8-12-21(27-3)13-9-18/h4-5,8-13,15,17H,6-7,14H2,1-3H3,(H,24,26). The lowest BCUT2D eigenvalue weighted by Gasteiger charge is -2.13. The summed E-state index contributed by atoms with van der Waals surface area (Å²) in [5.74, 6) is 0.876. The first kappa shape index (κ1) is 20.1. The topological polar surface area (TPSA) is 51.2 Å². The molecule has 0 saturated heterocycles. The van der Waals surface area contributed by atoms with Crippen molar-refractivity contribution in [3.8, 4) is 16.3 Å². The van der Waals surface area contributed by atoms with Gasteiger partial charge in [0, 0.05) is 17.0 Å². The second-order valence-electron chi connectivity index (χ2n) is 7.04. The van der Waals surface area contributed by atoms with E-state index in [2.05, 4.69) is 53.6 Å². The molecule has 0 fully saturated rings. The average molecular weight is 395 g/mol. The van der Waals surface area contributed by atoms with Crippen LogP contribution in [0.25, 0.3) is 10.6 Å². The van der Waals surface area contributed by atoms with E-state index < -0.39 is 0 Å². The Labute approximate surface area is 170 Å². The van der Waals surface area contributed by atoms with Gasteiger partial charge in [-0.3, -0.25) is 4.79 Å². The number of aromatic nitrogens is 1. The molecule has 0 aliphatic carbocycles. The molecule has 0 aliphatic rings. The van der Waals surface area contributed by atoms with Gasteiger partial charge in [0.25, 0.3) is 0 Å². The molecule has 3 aromatic rings. The highest BCUT2D eigenvalue weighted by molar-refractivity contribution is 7.13. The molecular formula is C23H26N2O2S.